The SMILES string of the molecule is CC1CN(c2ncccc2[C@H](C)N)CCC1O. The van der Waals surface area contributed by atoms with Gasteiger partial charge in [-0.2, -0.15) is 0 Å². The molecule has 1 saturated heterocycles. The molecule has 0 bridgehead atoms. The van der Waals surface area contributed by atoms with E-state index in [-0.39, 0.29) is 18.1 Å². The van der Waals surface area contributed by atoms with E-state index in [1.54, 1.807) is 6.20 Å². The molecule has 3 atom stereocenters. The van der Waals surface area contributed by atoms with Crippen molar-refractivity contribution in [3.63, 3.8) is 0 Å². The fraction of sp³-hybridized carbons (Fsp3) is 0.615. The largest absolute Gasteiger partial charge is 0.393 e. The van der Waals surface area contributed by atoms with E-state index in [2.05, 4.69) is 16.8 Å². The second-order valence-electron chi connectivity index (χ2n) is 4.98. The fourth-order valence-corrected chi connectivity index (χ4v) is 2.35. The summed E-state index contributed by atoms with van der Waals surface area (Å²) in [6.07, 6.45) is 2.42. The minimum Gasteiger partial charge on any atom is -0.393 e. The monoisotopic (exact) mass is 235 g/mol. The molecule has 4 nitrogen and oxygen atoms in total. The number of aliphatic hydroxyl groups is 1. The standard InChI is InChI=1S/C13H21N3O/c1-9-8-16(7-5-12(9)17)13-11(10(2)14)4-3-6-15-13/h3-4,6,9-10,12,17H,5,7-8,14H2,1-2H3/t9?,10-,12?/m0/s1. The van der Waals surface area contributed by atoms with Gasteiger partial charge in [-0.1, -0.05) is 13.0 Å². The quantitative estimate of drug-likeness (QED) is 0.811. The molecule has 0 radical (unpaired) electrons. The molecule has 1 aliphatic rings. The van der Waals surface area contributed by atoms with Crippen molar-refractivity contribution >= 4 is 5.82 Å². The van der Waals surface area contributed by atoms with Crippen LogP contribution in [0.4, 0.5) is 5.82 Å². The third-order valence-electron chi connectivity index (χ3n) is 3.47. The summed E-state index contributed by atoms with van der Waals surface area (Å²) in [4.78, 5) is 6.68. The Balaban J connectivity index is 2.22. The molecule has 1 aromatic heterocycles. The van der Waals surface area contributed by atoms with Gasteiger partial charge in [0.2, 0.25) is 0 Å². The maximum atomic E-state index is 9.75. The maximum Gasteiger partial charge on any atom is 0.133 e. The summed E-state index contributed by atoms with van der Waals surface area (Å²) in [5.74, 6) is 1.26. The number of anilines is 1. The van der Waals surface area contributed by atoms with Crippen LogP contribution in [0.25, 0.3) is 0 Å². The first-order valence-corrected chi connectivity index (χ1v) is 6.23. The van der Waals surface area contributed by atoms with Crippen molar-refractivity contribution in [2.24, 2.45) is 11.7 Å². The van der Waals surface area contributed by atoms with Crippen LogP contribution < -0.4 is 10.6 Å². The van der Waals surface area contributed by atoms with E-state index < -0.39 is 0 Å². The number of piperidine rings is 1. The summed E-state index contributed by atoms with van der Waals surface area (Å²) >= 11 is 0. The normalized spacial score (nSPS) is 26.9. The molecule has 0 aromatic carbocycles. The van der Waals surface area contributed by atoms with Crippen molar-refractivity contribution in [2.75, 3.05) is 18.0 Å². The van der Waals surface area contributed by atoms with Crippen LogP contribution in [0.15, 0.2) is 18.3 Å². The molecule has 0 saturated carbocycles. The Morgan fingerprint density at radius 1 is 1.59 bits per heavy atom. The Hall–Kier alpha value is -1.13. The van der Waals surface area contributed by atoms with E-state index >= 15 is 0 Å². The lowest BCUT2D eigenvalue weighted by atomic mass is 9.96. The molecule has 17 heavy (non-hydrogen) atoms. The van der Waals surface area contributed by atoms with E-state index in [0.717, 1.165) is 30.9 Å². The van der Waals surface area contributed by atoms with Gasteiger partial charge in [0.25, 0.3) is 0 Å². The number of nitrogens with zero attached hydrogens (tertiary/aromatic N) is 2. The molecule has 1 aromatic rings. The zero-order valence-corrected chi connectivity index (χ0v) is 10.5. The van der Waals surface area contributed by atoms with Crippen molar-refractivity contribution in [3.05, 3.63) is 23.9 Å². The van der Waals surface area contributed by atoms with Crippen LogP contribution in [0.5, 0.6) is 0 Å². The molecule has 1 fully saturated rings. The molecule has 2 unspecified atom stereocenters. The molecule has 1 aliphatic heterocycles. The van der Waals surface area contributed by atoms with E-state index in [0.29, 0.717) is 0 Å². The van der Waals surface area contributed by atoms with Gasteiger partial charge in [0.1, 0.15) is 5.82 Å². The van der Waals surface area contributed by atoms with Crippen LogP contribution in [0.1, 0.15) is 31.9 Å². The first kappa shape index (κ1) is 12.3. The van der Waals surface area contributed by atoms with Gasteiger partial charge in [0.05, 0.1) is 6.10 Å². The molecule has 2 rings (SSSR count). The van der Waals surface area contributed by atoms with Crippen LogP contribution in [-0.2, 0) is 0 Å². The molecule has 2 heterocycles. The van der Waals surface area contributed by atoms with Gasteiger partial charge in [-0.3, -0.25) is 0 Å². The van der Waals surface area contributed by atoms with Gasteiger partial charge in [-0.15, -0.1) is 0 Å². The van der Waals surface area contributed by atoms with E-state index in [4.69, 9.17) is 5.73 Å². The average Bonchev–Trinajstić information content (AvgIpc) is 2.32. The second-order valence-corrected chi connectivity index (χ2v) is 4.98. The van der Waals surface area contributed by atoms with Gasteiger partial charge in [-0.25, -0.2) is 4.98 Å². The van der Waals surface area contributed by atoms with Crippen molar-refractivity contribution in [1.82, 2.24) is 4.98 Å². The number of aliphatic hydroxyl groups excluding tert-OH is 1. The molecule has 0 amide bonds. The van der Waals surface area contributed by atoms with Gasteiger partial charge in [0.15, 0.2) is 0 Å². The maximum absolute atomic E-state index is 9.75. The topological polar surface area (TPSA) is 62.4 Å². The van der Waals surface area contributed by atoms with Crippen LogP contribution in [-0.4, -0.2) is 29.3 Å². The van der Waals surface area contributed by atoms with Gasteiger partial charge >= 0.3 is 0 Å². The minimum atomic E-state index is -0.186. The number of nitrogens with two attached hydrogens (primary N) is 1. The molecule has 4 heteroatoms. The molecular formula is C13H21N3O. The third-order valence-corrected chi connectivity index (χ3v) is 3.47. The fourth-order valence-electron chi connectivity index (χ4n) is 2.35. The predicted octanol–water partition coefficient (Wildman–Crippen LogP) is 1.31. The van der Waals surface area contributed by atoms with Crippen molar-refractivity contribution in [2.45, 2.75) is 32.4 Å². The molecular weight excluding hydrogens is 214 g/mol. The Labute approximate surface area is 102 Å². The summed E-state index contributed by atoms with van der Waals surface area (Å²) in [5, 5.41) is 9.75. The number of pyridine rings is 1. The number of hydrogen-bond acceptors (Lipinski definition) is 4. The average molecular weight is 235 g/mol. The van der Waals surface area contributed by atoms with E-state index in [9.17, 15) is 5.11 Å². The highest BCUT2D eigenvalue weighted by Gasteiger charge is 2.26. The van der Waals surface area contributed by atoms with Gasteiger partial charge in [0, 0.05) is 30.9 Å². The molecule has 0 spiro atoms. The van der Waals surface area contributed by atoms with Gasteiger partial charge < -0.3 is 15.7 Å². The Morgan fingerprint density at radius 3 is 3.00 bits per heavy atom. The zero-order chi connectivity index (χ0) is 12.4. The van der Waals surface area contributed by atoms with Crippen molar-refractivity contribution in [1.29, 1.82) is 0 Å². The highest BCUT2D eigenvalue weighted by Crippen LogP contribution is 2.27. The second kappa shape index (κ2) is 5.02. The third kappa shape index (κ3) is 2.58. The summed E-state index contributed by atoms with van der Waals surface area (Å²) in [7, 11) is 0. The summed E-state index contributed by atoms with van der Waals surface area (Å²) in [6, 6.07) is 3.94. The number of hydrogen-bond donors (Lipinski definition) is 2. The summed E-state index contributed by atoms with van der Waals surface area (Å²) in [6.45, 7) is 5.74. The zero-order valence-electron chi connectivity index (χ0n) is 10.5. The summed E-state index contributed by atoms with van der Waals surface area (Å²) < 4.78 is 0. The minimum absolute atomic E-state index is 0.0131. The Morgan fingerprint density at radius 2 is 2.35 bits per heavy atom. The lowest BCUT2D eigenvalue weighted by molar-refractivity contribution is 0.0968. The summed E-state index contributed by atoms with van der Waals surface area (Å²) in [5.41, 5.74) is 7.05. The van der Waals surface area contributed by atoms with Crippen LogP contribution >= 0.6 is 0 Å². The first-order valence-electron chi connectivity index (χ1n) is 6.23. The predicted molar refractivity (Wildman–Crippen MR) is 68.8 cm³/mol. The lowest BCUT2D eigenvalue weighted by Gasteiger charge is -2.36. The van der Waals surface area contributed by atoms with Crippen LogP contribution in [0.2, 0.25) is 0 Å². The number of aromatic nitrogens is 1. The Kier molecular flexibility index (Phi) is 3.64. The smallest absolute Gasteiger partial charge is 0.133 e. The van der Waals surface area contributed by atoms with Crippen LogP contribution in [0.3, 0.4) is 0 Å². The molecule has 3 N–H and O–H groups in total. The highest BCUT2D eigenvalue weighted by atomic mass is 16.3. The molecule has 0 aliphatic carbocycles. The van der Waals surface area contributed by atoms with Gasteiger partial charge in [-0.05, 0) is 25.3 Å². The van der Waals surface area contributed by atoms with Crippen molar-refractivity contribution in [3.8, 4) is 0 Å². The highest BCUT2D eigenvalue weighted by molar-refractivity contribution is 5.48. The van der Waals surface area contributed by atoms with Crippen molar-refractivity contribution < 1.29 is 5.11 Å². The van der Waals surface area contributed by atoms with E-state index in [1.807, 2.05) is 19.1 Å². The van der Waals surface area contributed by atoms with Crippen LogP contribution in [0, 0.1) is 5.92 Å². The van der Waals surface area contributed by atoms with E-state index in [1.165, 1.54) is 0 Å². The molecule has 94 valence electrons. The number of rotatable bonds is 2. The first-order chi connectivity index (χ1) is 8.09. The lowest BCUT2D eigenvalue weighted by Crippen LogP contribution is -2.42. The Bertz CT molecular complexity index is 381.